The molecule has 6 heteroatoms. The molecular formula is C18H24ClN3O2. The molecule has 3 aliphatic rings. The number of rotatable bonds is 4. The van der Waals surface area contributed by atoms with Gasteiger partial charge in [-0.25, -0.2) is 0 Å². The Kier molecular flexibility index (Phi) is 4.55. The third kappa shape index (κ3) is 3.07. The number of hydrogen-bond acceptors (Lipinski definition) is 3. The van der Waals surface area contributed by atoms with E-state index in [-0.39, 0.29) is 0 Å². The Balaban J connectivity index is 1.25. The van der Waals surface area contributed by atoms with Crippen LogP contribution in [-0.4, -0.2) is 56.4 Å². The molecular weight excluding hydrogens is 326 g/mol. The smallest absolute Gasteiger partial charge is 0.193 e. The summed E-state index contributed by atoms with van der Waals surface area (Å²) < 4.78 is 11.8. The molecule has 1 N–H and O–H groups in total. The van der Waals surface area contributed by atoms with Gasteiger partial charge >= 0.3 is 0 Å². The van der Waals surface area contributed by atoms with Crippen LogP contribution >= 0.6 is 11.6 Å². The number of ether oxygens (including phenoxy) is 2. The van der Waals surface area contributed by atoms with Gasteiger partial charge in [-0.1, -0.05) is 17.7 Å². The summed E-state index contributed by atoms with van der Waals surface area (Å²) in [5.41, 5.74) is 0. The van der Waals surface area contributed by atoms with E-state index in [4.69, 9.17) is 21.1 Å². The van der Waals surface area contributed by atoms with Crippen molar-refractivity contribution < 1.29 is 9.47 Å². The van der Waals surface area contributed by atoms with Crippen LogP contribution in [0.15, 0.2) is 29.3 Å². The number of likely N-dealkylation sites (tertiary alicyclic amines) is 1. The monoisotopic (exact) mass is 349 g/mol. The van der Waals surface area contributed by atoms with E-state index in [2.05, 4.69) is 15.2 Å². The molecule has 3 aliphatic heterocycles. The van der Waals surface area contributed by atoms with E-state index in [0.717, 1.165) is 24.8 Å². The normalized spacial score (nSPS) is 31.4. The highest BCUT2D eigenvalue weighted by molar-refractivity contribution is 6.30. The molecule has 3 saturated heterocycles. The molecule has 0 aliphatic carbocycles. The van der Waals surface area contributed by atoms with Crippen molar-refractivity contribution in [2.24, 2.45) is 16.8 Å². The maximum atomic E-state index is 6.04. The standard InChI is InChI=1S/C18H24ClN3O2/c1-20-18(21-7-8-23-13-4-2-3-12(19)9-13)22-10-14-15(11-22)17-6-5-16(14)24-17/h2-4,9,14-17H,5-8,10-11H2,1H3,(H,20,21). The summed E-state index contributed by atoms with van der Waals surface area (Å²) in [5.74, 6) is 3.14. The molecule has 1 aromatic rings. The highest BCUT2D eigenvalue weighted by atomic mass is 35.5. The molecule has 24 heavy (non-hydrogen) atoms. The molecule has 4 atom stereocenters. The van der Waals surface area contributed by atoms with Crippen molar-refractivity contribution in [2.45, 2.75) is 25.0 Å². The second-order valence-electron chi connectivity index (χ2n) is 6.80. The van der Waals surface area contributed by atoms with Crippen LogP contribution in [0, 0.1) is 11.8 Å². The fourth-order valence-electron chi connectivity index (χ4n) is 4.35. The minimum absolute atomic E-state index is 0.481. The summed E-state index contributed by atoms with van der Waals surface area (Å²) in [6, 6.07) is 7.48. The lowest BCUT2D eigenvalue weighted by molar-refractivity contribution is 0.0767. The van der Waals surface area contributed by atoms with E-state index in [9.17, 15) is 0 Å². The van der Waals surface area contributed by atoms with Gasteiger partial charge in [0.1, 0.15) is 12.4 Å². The molecule has 2 bridgehead atoms. The van der Waals surface area contributed by atoms with Crippen molar-refractivity contribution in [2.75, 3.05) is 33.3 Å². The Morgan fingerprint density at radius 1 is 1.33 bits per heavy atom. The number of nitrogens with zero attached hydrogens (tertiary/aromatic N) is 2. The SMILES string of the molecule is CN=C(NCCOc1cccc(Cl)c1)N1CC2C3CCC(O3)C2C1. The van der Waals surface area contributed by atoms with Crippen LogP contribution in [0.3, 0.4) is 0 Å². The molecule has 5 nitrogen and oxygen atoms in total. The lowest BCUT2D eigenvalue weighted by Gasteiger charge is -2.23. The van der Waals surface area contributed by atoms with Gasteiger partial charge in [-0.15, -0.1) is 0 Å². The lowest BCUT2D eigenvalue weighted by Crippen LogP contribution is -2.42. The largest absolute Gasteiger partial charge is 0.492 e. The van der Waals surface area contributed by atoms with E-state index in [1.165, 1.54) is 12.8 Å². The highest BCUT2D eigenvalue weighted by Crippen LogP contribution is 2.47. The van der Waals surface area contributed by atoms with E-state index in [1.54, 1.807) is 0 Å². The fraction of sp³-hybridized carbons (Fsp3) is 0.611. The molecule has 0 spiro atoms. The average Bonchev–Trinajstić information content (AvgIpc) is 3.28. The molecule has 0 radical (unpaired) electrons. The van der Waals surface area contributed by atoms with Gasteiger partial charge in [0.05, 0.1) is 18.8 Å². The third-order valence-electron chi connectivity index (χ3n) is 5.41. The Hall–Kier alpha value is -1.46. The zero-order chi connectivity index (χ0) is 16.5. The maximum absolute atomic E-state index is 6.04. The number of halogens is 1. The number of hydrogen-bond donors (Lipinski definition) is 1. The summed E-state index contributed by atoms with van der Waals surface area (Å²) in [7, 11) is 1.85. The van der Waals surface area contributed by atoms with Crippen LogP contribution in [0.2, 0.25) is 5.02 Å². The van der Waals surface area contributed by atoms with E-state index in [1.807, 2.05) is 31.3 Å². The zero-order valence-corrected chi connectivity index (χ0v) is 14.7. The van der Waals surface area contributed by atoms with Crippen LogP contribution in [-0.2, 0) is 4.74 Å². The fourth-order valence-corrected chi connectivity index (χ4v) is 4.53. The molecule has 4 rings (SSSR count). The second-order valence-corrected chi connectivity index (χ2v) is 7.24. The molecule has 4 unspecified atom stereocenters. The molecule has 0 saturated carbocycles. The molecule has 0 amide bonds. The lowest BCUT2D eigenvalue weighted by atomic mass is 9.82. The second kappa shape index (κ2) is 6.81. The molecule has 3 heterocycles. The van der Waals surface area contributed by atoms with Gasteiger partial charge in [-0.05, 0) is 31.0 Å². The number of nitrogens with one attached hydrogen (secondary N) is 1. The van der Waals surface area contributed by atoms with Gasteiger partial charge in [0.15, 0.2) is 5.96 Å². The van der Waals surface area contributed by atoms with E-state index >= 15 is 0 Å². The van der Waals surface area contributed by atoms with Gasteiger partial charge in [0.25, 0.3) is 0 Å². The predicted octanol–water partition coefficient (Wildman–Crippen LogP) is 2.40. The van der Waals surface area contributed by atoms with Crippen LogP contribution in [0.25, 0.3) is 0 Å². The number of guanidine groups is 1. The Morgan fingerprint density at radius 2 is 2.08 bits per heavy atom. The zero-order valence-electron chi connectivity index (χ0n) is 14.0. The van der Waals surface area contributed by atoms with Gasteiger partial charge in [-0.2, -0.15) is 0 Å². The van der Waals surface area contributed by atoms with Crippen LogP contribution < -0.4 is 10.1 Å². The Labute approximate surface area is 148 Å². The number of aliphatic imine (C=N–C) groups is 1. The third-order valence-corrected chi connectivity index (χ3v) is 5.65. The van der Waals surface area contributed by atoms with Gasteiger partial charge in [0.2, 0.25) is 0 Å². The molecule has 1 aromatic carbocycles. The first-order valence-corrected chi connectivity index (χ1v) is 9.12. The minimum Gasteiger partial charge on any atom is -0.492 e. The van der Waals surface area contributed by atoms with Crippen molar-refractivity contribution in [3.05, 3.63) is 29.3 Å². The summed E-state index contributed by atoms with van der Waals surface area (Å²) in [4.78, 5) is 6.82. The van der Waals surface area contributed by atoms with Gasteiger partial charge < -0.3 is 19.7 Å². The van der Waals surface area contributed by atoms with E-state index < -0.39 is 0 Å². The number of benzene rings is 1. The summed E-state index contributed by atoms with van der Waals surface area (Å²) in [6.45, 7) is 3.41. The first-order valence-electron chi connectivity index (χ1n) is 8.74. The maximum Gasteiger partial charge on any atom is 0.193 e. The summed E-state index contributed by atoms with van der Waals surface area (Å²) in [6.07, 6.45) is 3.43. The quantitative estimate of drug-likeness (QED) is 0.515. The van der Waals surface area contributed by atoms with Crippen molar-refractivity contribution in [1.29, 1.82) is 0 Å². The Bertz CT molecular complexity index is 606. The van der Waals surface area contributed by atoms with Crippen molar-refractivity contribution >= 4 is 17.6 Å². The first kappa shape index (κ1) is 16.0. The average molecular weight is 350 g/mol. The predicted molar refractivity (Wildman–Crippen MR) is 94.8 cm³/mol. The van der Waals surface area contributed by atoms with Crippen molar-refractivity contribution in [3.8, 4) is 5.75 Å². The van der Waals surface area contributed by atoms with Crippen molar-refractivity contribution in [3.63, 3.8) is 0 Å². The Morgan fingerprint density at radius 3 is 2.75 bits per heavy atom. The van der Waals surface area contributed by atoms with Crippen LogP contribution in [0.5, 0.6) is 5.75 Å². The summed E-state index contributed by atoms with van der Waals surface area (Å²) >= 11 is 5.96. The number of fused-ring (bicyclic) bond motifs is 5. The molecule has 0 aromatic heterocycles. The summed E-state index contributed by atoms with van der Waals surface area (Å²) in [5, 5.41) is 4.10. The van der Waals surface area contributed by atoms with E-state index in [0.29, 0.717) is 42.2 Å². The molecule has 130 valence electrons. The van der Waals surface area contributed by atoms with Gasteiger partial charge in [0, 0.05) is 37.0 Å². The first-order chi connectivity index (χ1) is 11.7. The van der Waals surface area contributed by atoms with Crippen molar-refractivity contribution in [1.82, 2.24) is 10.2 Å². The topological polar surface area (TPSA) is 46.1 Å². The minimum atomic E-state index is 0.481. The van der Waals surface area contributed by atoms with Crippen LogP contribution in [0.1, 0.15) is 12.8 Å². The van der Waals surface area contributed by atoms with Crippen LogP contribution in [0.4, 0.5) is 0 Å². The molecule has 3 fully saturated rings. The van der Waals surface area contributed by atoms with Gasteiger partial charge in [-0.3, -0.25) is 4.99 Å². The highest BCUT2D eigenvalue weighted by Gasteiger charge is 2.53.